The standard InChI is InChI=1S/C16H27ClN2/c1-11(2)10-19(13(5)6)16-8-14(9-17)7-15(18-16)12(3)4/h7-8,11-13H,9-10H2,1-6H3. The third-order valence-corrected chi connectivity index (χ3v) is 3.43. The second-order valence-corrected chi connectivity index (χ2v) is 6.45. The van der Waals surface area contributed by atoms with Crippen molar-refractivity contribution in [3.8, 4) is 0 Å². The Morgan fingerprint density at radius 2 is 1.74 bits per heavy atom. The molecule has 1 rings (SSSR count). The lowest BCUT2D eigenvalue weighted by molar-refractivity contribution is 0.564. The Balaban J connectivity index is 3.17. The van der Waals surface area contributed by atoms with Crippen LogP contribution < -0.4 is 4.90 Å². The van der Waals surface area contributed by atoms with E-state index < -0.39 is 0 Å². The first kappa shape index (κ1) is 16.3. The van der Waals surface area contributed by atoms with Gasteiger partial charge < -0.3 is 4.90 Å². The molecule has 0 radical (unpaired) electrons. The fraction of sp³-hybridized carbons (Fsp3) is 0.688. The number of aromatic nitrogens is 1. The van der Waals surface area contributed by atoms with E-state index in [0.29, 0.717) is 23.8 Å². The van der Waals surface area contributed by atoms with Crippen LogP contribution in [-0.2, 0) is 5.88 Å². The molecule has 0 atom stereocenters. The molecule has 0 N–H and O–H groups in total. The van der Waals surface area contributed by atoms with E-state index in [1.165, 1.54) is 0 Å². The zero-order chi connectivity index (χ0) is 14.6. The predicted octanol–water partition coefficient (Wildman–Crippen LogP) is 4.81. The average Bonchev–Trinajstić information content (AvgIpc) is 2.34. The summed E-state index contributed by atoms with van der Waals surface area (Å²) in [5, 5.41) is 0. The van der Waals surface area contributed by atoms with Crippen molar-refractivity contribution in [3.63, 3.8) is 0 Å². The minimum atomic E-state index is 0.426. The fourth-order valence-corrected chi connectivity index (χ4v) is 2.23. The summed E-state index contributed by atoms with van der Waals surface area (Å²) < 4.78 is 0. The van der Waals surface area contributed by atoms with Crippen molar-refractivity contribution in [2.24, 2.45) is 5.92 Å². The molecule has 0 aliphatic carbocycles. The van der Waals surface area contributed by atoms with Crippen molar-refractivity contribution >= 4 is 17.4 Å². The van der Waals surface area contributed by atoms with Crippen LogP contribution in [-0.4, -0.2) is 17.6 Å². The first-order valence-electron chi connectivity index (χ1n) is 7.18. The van der Waals surface area contributed by atoms with Gasteiger partial charge in [0.25, 0.3) is 0 Å². The molecule has 0 saturated carbocycles. The summed E-state index contributed by atoms with van der Waals surface area (Å²) in [6.45, 7) is 14.3. The molecule has 108 valence electrons. The van der Waals surface area contributed by atoms with Crippen LogP contribution >= 0.6 is 11.6 Å². The van der Waals surface area contributed by atoms with Crippen LogP contribution in [0.1, 0.15) is 58.7 Å². The van der Waals surface area contributed by atoms with Gasteiger partial charge in [-0.3, -0.25) is 0 Å². The predicted molar refractivity (Wildman–Crippen MR) is 85.2 cm³/mol. The van der Waals surface area contributed by atoms with Crippen molar-refractivity contribution < 1.29 is 0 Å². The number of hydrogen-bond donors (Lipinski definition) is 0. The number of halogens is 1. The van der Waals surface area contributed by atoms with Gasteiger partial charge in [0.2, 0.25) is 0 Å². The third kappa shape index (κ3) is 4.68. The molecule has 0 bridgehead atoms. The van der Waals surface area contributed by atoms with Gasteiger partial charge >= 0.3 is 0 Å². The van der Waals surface area contributed by atoms with Crippen LogP contribution in [0.15, 0.2) is 12.1 Å². The van der Waals surface area contributed by atoms with Crippen molar-refractivity contribution in [2.75, 3.05) is 11.4 Å². The van der Waals surface area contributed by atoms with E-state index in [4.69, 9.17) is 16.6 Å². The number of pyridine rings is 1. The normalized spacial score (nSPS) is 11.7. The Labute approximate surface area is 123 Å². The number of rotatable bonds is 6. The summed E-state index contributed by atoms with van der Waals surface area (Å²) in [4.78, 5) is 7.19. The van der Waals surface area contributed by atoms with E-state index in [2.05, 4.69) is 58.6 Å². The number of hydrogen-bond acceptors (Lipinski definition) is 2. The first-order chi connectivity index (χ1) is 8.85. The molecule has 0 aliphatic heterocycles. The highest BCUT2D eigenvalue weighted by molar-refractivity contribution is 6.17. The summed E-state index contributed by atoms with van der Waals surface area (Å²) in [5.41, 5.74) is 2.28. The van der Waals surface area contributed by atoms with E-state index >= 15 is 0 Å². The lowest BCUT2D eigenvalue weighted by Crippen LogP contribution is -2.35. The Bertz CT molecular complexity index is 400. The van der Waals surface area contributed by atoms with Crippen LogP contribution in [0.3, 0.4) is 0 Å². The van der Waals surface area contributed by atoms with Gasteiger partial charge in [-0.1, -0.05) is 27.7 Å². The molecule has 0 aliphatic rings. The largest absolute Gasteiger partial charge is 0.354 e. The number of anilines is 1. The summed E-state index contributed by atoms with van der Waals surface area (Å²) in [5.74, 6) is 2.65. The van der Waals surface area contributed by atoms with Gasteiger partial charge in [0.15, 0.2) is 0 Å². The van der Waals surface area contributed by atoms with Gasteiger partial charge in [-0.15, -0.1) is 11.6 Å². The van der Waals surface area contributed by atoms with Crippen LogP contribution in [0.5, 0.6) is 0 Å². The lowest BCUT2D eigenvalue weighted by atomic mass is 10.1. The zero-order valence-electron chi connectivity index (χ0n) is 13.1. The van der Waals surface area contributed by atoms with E-state index in [0.717, 1.165) is 23.6 Å². The number of alkyl halides is 1. The van der Waals surface area contributed by atoms with E-state index in [9.17, 15) is 0 Å². The highest BCUT2D eigenvalue weighted by Crippen LogP contribution is 2.23. The molecule has 0 amide bonds. The molecule has 0 unspecified atom stereocenters. The molecule has 1 aromatic rings. The third-order valence-electron chi connectivity index (χ3n) is 3.12. The quantitative estimate of drug-likeness (QED) is 0.696. The van der Waals surface area contributed by atoms with Gasteiger partial charge in [-0.05, 0) is 43.4 Å². The van der Waals surface area contributed by atoms with Gasteiger partial charge in [0, 0.05) is 24.2 Å². The smallest absolute Gasteiger partial charge is 0.129 e. The minimum Gasteiger partial charge on any atom is -0.354 e. The van der Waals surface area contributed by atoms with E-state index in [1.54, 1.807) is 0 Å². The molecule has 1 aromatic heterocycles. The highest BCUT2D eigenvalue weighted by Gasteiger charge is 2.16. The molecule has 1 heterocycles. The van der Waals surface area contributed by atoms with E-state index in [1.807, 2.05) is 0 Å². The molecule has 3 heteroatoms. The van der Waals surface area contributed by atoms with Crippen LogP contribution in [0, 0.1) is 5.92 Å². The summed E-state index contributed by atoms with van der Waals surface area (Å²) >= 11 is 6.02. The molecule has 0 spiro atoms. The minimum absolute atomic E-state index is 0.426. The molecule has 0 fully saturated rings. The van der Waals surface area contributed by atoms with Gasteiger partial charge in [0.05, 0.1) is 0 Å². The summed E-state index contributed by atoms with van der Waals surface area (Å²) in [6.07, 6.45) is 0. The second kappa shape index (κ2) is 7.14. The van der Waals surface area contributed by atoms with Gasteiger partial charge in [-0.25, -0.2) is 4.98 Å². The van der Waals surface area contributed by atoms with Crippen LogP contribution in [0.25, 0.3) is 0 Å². The molecule has 2 nitrogen and oxygen atoms in total. The van der Waals surface area contributed by atoms with E-state index in [-0.39, 0.29) is 0 Å². The molecule has 0 saturated heterocycles. The monoisotopic (exact) mass is 282 g/mol. The first-order valence-corrected chi connectivity index (χ1v) is 7.72. The Morgan fingerprint density at radius 1 is 1.11 bits per heavy atom. The van der Waals surface area contributed by atoms with Crippen LogP contribution in [0.2, 0.25) is 0 Å². The second-order valence-electron chi connectivity index (χ2n) is 6.19. The highest BCUT2D eigenvalue weighted by atomic mass is 35.5. The van der Waals surface area contributed by atoms with Crippen molar-refractivity contribution in [1.29, 1.82) is 0 Å². The Hall–Kier alpha value is -0.760. The Kier molecular flexibility index (Phi) is 6.12. The fourth-order valence-electron chi connectivity index (χ4n) is 2.08. The topological polar surface area (TPSA) is 16.1 Å². The maximum absolute atomic E-state index is 6.02. The molecule has 0 aromatic carbocycles. The molecule has 19 heavy (non-hydrogen) atoms. The average molecular weight is 283 g/mol. The number of nitrogens with zero attached hydrogens (tertiary/aromatic N) is 2. The summed E-state index contributed by atoms with van der Waals surface area (Å²) in [6, 6.07) is 4.69. The SMILES string of the molecule is CC(C)CN(c1cc(CCl)cc(C(C)C)n1)C(C)C. The van der Waals surface area contributed by atoms with Gasteiger partial charge in [0.1, 0.15) is 5.82 Å². The molecular weight excluding hydrogens is 256 g/mol. The van der Waals surface area contributed by atoms with Gasteiger partial charge in [-0.2, -0.15) is 0 Å². The molecular formula is C16H27ClN2. The van der Waals surface area contributed by atoms with Crippen LogP contribution in [0.4, 0.5) is 5.82 Å². The lowest BCUT2D eigenvalue weighted by Gasteiger charge is -2.30. The van der Waals surface area contributed by atoms with Crippen molar-refractivity contribution in [2.45, 2.75) is 59.4 Å². The van der Waals surface area contributed by atoms with Crippen molar-refractivity contribution in [1.82, 2.24) is 4.98 Å². The zero-order valence-corrected chi connectivity index (χ0v) is 13.8. The van der Waals surface area contributed by atoms with Crippen molar-refractivity contribution in [3.05, 3.63) is 23.4 Å². The Morgan fingerprint density at radius 3 is 2.16 bits per heavy atom. The summed E-state index contributed by atoms with van der Waals surface area (Å²) in [7, 11) is 0. The maximum atomic E-state index is 6.02. The maximum Gasteiger partial charge on any atom is 0.129 e.